The van der Waals surface area contributed by atoms with Crippen molar-refractivity contribution in [1.82, 2.24) is 10.3 Å². The zero-order chi connectivity index (χ0) is 12.8. The summed E-state index contributed by atoms with van der Waals surface area (Å²) in [7, 11) is 0. The lowest BCUT2D eigenvalue weighted by atomic mass is 10.1. The smallest absolute Gasteiger partial charge is 0.0542 e. The van der Waals surface area contributed by atoms with E-state index >= 15 is 0 Å². The second kappa shape index (κ2) is 6.66. The van der Waals surface area contributed by atoms with E-state index in [-0.39, 0.29) is 0 Å². The zero-order valence-corrected chi connectivity index (χ0v) is 12.1. The molecule has 1 aromatic carbocycles. The van der Waals surface area contributed by atoms with Crippen molar-refractivity contribution in [2.24, 2.45) is 0 Å². The summed E-state index contributed by atoms with van der Waals surface area (Å²) in [6.45, 7) is 3.92. The van der Waals surface area contributed by atoms with Crippen LogP contribution in [0.2, 0.25) is 0 Å². The van der Waals surface area contributed by atoms with Gasteiger partial charge >= 0.3 is 0 Å². The zero-order valence-electron chi connectivity index (χ0n) is 10.5. The van der Waals surface area contributed by atoms with Crippen LogP contribution in [-0.4, -0.2) is 11.5 Å². The Hall–Kier alpha value is -1.19. The van der Waals surface area contributed by atoms with Crippen molar-refractivity contribution < 1.29 is 0 Å². The molecular formula is C15H17BrN2. The standard InChI is InChI=1S/C15H17BrN2/c1-12-3-2-4-13(9-12)7-8-17-11-15-6-5-14(16)10-18-15/h2-6,9-10,17H,7-8,11H2,1H3. The van der Waals surface area contributed by atoms with Crippen LogP contribution in [0.15, 0.2) is 47.1 Å². The Morgan fingerprint density at radius 3 is 2.83 bits per heavy atom. The van der Waals surface area contributed by atoms with Crippen LogP contribution < -0.4 is 5.32 Å². The number of benzene rings is 1. The Bertz CT molecular complexity index is 494. The predicted molar refractivity (Wildman–Crippen MR) is 78.5 cm³/mol. The molecule has 0 atom stereocenters. The minimum atomic E-state index is 0.819. The Labute approximate surface area is 117 Å². The molecule has 0 aliphatic carbocycles. The van der Waals surface area contributed by atoms with E-state index < -0.39 is 0 Å². The molecule has 1 N–H and O–H groups in total. The third-order valence-electron chi connectivity index (χ3n) is 2.77. The highest BCUT2D eigenvalue weighted by molar-refractivity contribution is 9.10. The van der Waals surface area contributed by atoms with Crippen LogP contribution in [0.25, 0.3) is 0 Å². The van der Waals surface area contributed by atoms with Gasteiger partial charge in [-0.25, -0.2) is 0 Å². The van der Waals surface area contributed by atoms with Crippen molar-refractivity contribution in [2.45, 2.75) is 19.9 Å². The van der Waals surface area contributed by atoms with E-state index in [2.05, 4.69) is 57.4 Å². The molecule has 0 radical (unpaired) electrons. The van der Waals surface area contributed by atoms with Gasteiger partial charge in [-0.2, -0.15) is 0 Å². The lowest BCUT2D eigenvalue weighted by molar-refractivity contribution is 0.674. The van der Waals surface area contributed by atoms with E-state index in [0.717, 1.165) is 29.7 Å². The number of halogens is 1. The summed E-state index contributed by atoms with van der Waals surface area (Å²) in [5.74, 6) is 0. The van der Waals surface area contributed by atoms with Crippen molar-refractivity contribution >= 4 is 15.9 Å². The molecule has 0 saturated carbocycles. The van der Waals surface area contributed by atoms with Gasteiger partial charge in [-0.3, -0.25) is 4.98 Å². The first-order valence-corrected chi connectivity index (χ1v) is 6.90. The maximum absolute atomic E-state index is 4.33. The van der Waals surface area contributed by atoms with Gasteiger partial charge in [-0.15, -0.1) is 0 Å². The minimum Gasteiger partial charge on any atom is -0.311 e. The fourth-order valence-electron chi connectivity index (χ4n) is 1.83. The van der Waals surface area contributed by atoms with Crippen molar-refractivity contribution in [3.63, 3.8) is 0 Å². The highest BCUT2D eigenvalue weighted by atomic mass is 79.9. The number of nitrogens with one attached hydrogen (secondary N) is 1. The molecule has 0 spiro atoms. The number of aromatic nitrogens is 1. The fourth-order valence-corrected chi connectivity index (χ4v) is 2.06. The van der Waals surface area contributed by atoms with Gasteiger partial charge in [-0.05, 0) is 53.5 Å². The molecule has 94 valence electrons. The van der Waals surface area contributed by atoms with Crippen molar-refractivity contribution in [3.8, 4) is 0 Å². The van der Waals surface area contributed by atoms with Gasteiger partial charge in [0, 0.05) is 17.2 Å². The summed E-state index contributed by atoms with van der Waals surface area (Å²) < 4.78 is 1.02. The quantitative estimate of drug-likeness (QED) is 0.855. The molecule has 18 heavy (non-hydrogen) atoms. The second-order valence-corrected chi connectivity index (χ2v) is 5.30. The average Bonchev–Trinajstić information content (AvgIpc) is 2.37. The van der Waals surface area contributed by atoms with Crippen LogP contribution in [0, 0.1) is 6.92 Å². The van der Waals surface area contributed by atoms with Gasteiger partial charge in [0.15, 0.2) is 0 Å². The number of pyridine rings is 1. The van der Waals surface area contributed by atoms with Crippen LogP contribution in [-0.2, 0) is 13.0 Å². The van der Waals surface area contributed by atoms with Gasteiger partial charge in [-0.1, -0.05) is 29.8 Å². The van der Waals surface area contributed by atoms with Gasteiger partial charge in [0.2, 0.25) is 0 Å². The molecule has 3 heteroatoms. The van der Waals surface area contributed by atoms with E-state index in [1.54, 1.807) is 0 Å². The average molecular weight is 305 g/mol. The molecule has 2 aromatic rings. The Kier molecular flexibility index (Phi) is 4.90. The number of rotatable bonds is 5. The van der Waals surface area contributed by atoms with Gasteiger partial charge in [0.1, 0.15) is 0 Å². The monoisotopic (exact) mass is 304 g/mol. The summed E-state index contributed by atoms with van der Waals surface area (Å²) in [6, 6.07) is 12.7. The lowest BCUT2D eigenvalue weighted by Crippen LogP contribution is -2.17. The van der Waals surface area contributed by atoms with Crippen molar-refractivity contribution in [3.05, 3.63) is 63.9 Å². The minimum absolute atomic E-state index is 0.819. The third-order valence-corrected chi connectivity index (χ3v) is 3.24. The van der Waals surface area contributed by atoms with E-state index in [9.17, 15) is 0 Å². The Balaban J connectivity index is 1.74. The maximum atomic E-state index is 4.33. The first-order valence-electron chi connectivity index (χ1n) is 6.11. The molecule has 1 heterocycles. The summed E-state index contributed by atoms with van der Waals surface area (Å²) in [6.07, 6.45) is 2.88. The molecule has 2 nitrogen and oxygen atoms in total. The van der Waals surface area contributed by atoms with Crippen LogP contribution in [0.4, 0.5) is 0 Å². The van der Waals surface area contributed by atoms with E-state index in [1.165, 1.54) is 11.1 Å². The highest BCUT2D eigenvalue weighted by Gasteiger charge is 1.96. The first kappa shape index (κ1) is 13.2. The number of hydrogen-bond acceptors (Lipinski definition) is 2. The number of nitrogens with zero attached hydrogens (tertiary/aromatic N) is 1. The maximum Gasteiger partial charge on any atom is 0.0542 e. The second-order valence-electron chi connectivity index (χ2n) is 4.38. The number of hydrogen-bond donors (Lipinski definition) is 1. The molecule has 0 amide bonds. The molecule has 0 aliphatic rings. The molecule has 0 unspecified atom stereocenters. The van der Waals surface area contributed by atoms with Gasteiger partial charge in [0.05, 0.1) is 5.69 Å². The van der Waals surface area contributed by atoms with E-state index in [0.29, 0.717) is 0 Å². The van der Waals surface area contributed by atoms with Crippen LogP contribution in [0.5, 0.6) is 0 Å². The largest absolute Gasteiger partial charge is 0.311 e. The van der Waals surface area contributed by atoms with Crippen LogP contribution in [0.3, 0.4) is 0 Å². The Morgan fingerprint density at radius 2 is 2.11 bits per heavy atom. The lowest BCUT2D eigenvalue weighted by Gasteiger charge is -2.05. The third kappa shape index (κ3) is 4.24. The summed E-state index contributed by atoms with van der Waals surface area (Å²) in [5.41, 5.74) is 3.77. The van der Waals surface area contributed by atoms with E-state index in [1.807, 2.05) is 18.3 Å². The SMILES string of the molecule is Cc1cccc(CCNCc2ccc(Br)cn2)c1. The molecule has 0 aliphatic heterocycles. The van der Waals surface area contributed by atoms with Crippen molar-refractivity contribution in [1.29, 1.82) is 0 Å². The summed E-state index contributed by atoms with van der Waals surface area (Å²) in [4.78, 5) is 4.33. The van der Waals surface area contributed by atoms with Gasteiger partial charge in [0.25, 0.3) is 0 Å². The summed E-state index contributed by atoms with van der Waals surface area (Å²) in [5, 5.41) is 3.41. The van der Waals surface area contributed by atoms with E-state index in [4.69, 9.17) is 0 Å². The number of aryl methyl sites for hydroxylation is 1. The first-order chi connectivity index (χ1) is 8.74. The highest BCUT2D eigenvalue weighted by Crippen LogP contribution is 2.07. The molecule has 0 bridgehead atoms. The molecular weight excluding hydrogens is 288 g/mol. The predicted octanol–water partition coefficient (Wildman–Crippen LogP) is 3.48. The summed E-state index contributed by atoms with van der Waals surface area (Å²) >= 11 is 3.38. The van der Waals surface area contributed by atoms with Crippen molar-refractivity contribution in [2.75, 3.05) is 6.54 Å². The van der Waals surface area contributed by atoms with Crippen LogP contribution in [0.1, 0.15) is 16.8 Å². The fraction of sp³-hybridized carbons (Fsp3) is 0.267. The van der Waals surface area contributed by atoms with Gasteiger partial charge < -0.3 is 5.32 Å². The normalized spacial score (nSPS) is 10.6. The van der Waals surface area contributed by atoms with Crippen LogP contribution >= 0.6 is 15.9 Å². The molecule has 0 fully saturated rings. The Morgan fingerprint density at radius 1 is 1.22 bits per heavy atom. The molecule has 0 saturated heterocycles. The molecule has 1 aromatic heterocycles. The topological polar surface area (TPSA) is 24.9 Å². The molecule has 2 rings (SSSR count).